The molecular formula is C20H21ClN4O2. The molecule has 3 aromatic rings. The quantitative estimate of drug-likeness (QED) is 0.745. The van der Waals surface area contributed by atoms with Crippen LogP contribution in [-0.2, 0) is 0 Å². The minimum absolute atomic E-state index is 0.0843. The number of likely N-dealkylation sites (tertiary alicyclic amines) is 1. The Bertz CT molecular complexity index is 934. The van der Waals surface area contributed by atoms with Crippen LogP contribution in [0.4, 0.5) is 0 Å². The summed E-state index contributed by atoms with van der Waals surface area (Å²) in [7, 11) is 0. The number of nitrogens with zero attached hydrogens (tertiary/aromatic N) is 3. The molecule has 1 aromatic carbocycles. The smallest absolute Gasteiger partial charge is 0.274 e. The van der Waals surface area contributed by atoms with Crippen molar-refractivity contribution in [2.24, 2.45) is 11.7 Å². The summed E-state index contributed by atoms with van der Waals surface area (Å²) >= 11 is 6.00. The van der Waals surface area contributed by atoms with Crippen molar-refractivity contribution in [3.8, 4) is 17.1 Å². The van der Waals surface area contributed by atoms with Crippen LogP contribution >= 0.6 is 11.6 Å². The Morgan fingerprint density at radius 2 is 2.11 bits per heavy atom. The van der Waals surface area contributed by atoms with Crippen LogP contribution < -0.4 is 5.73 Å². The number of rotatable bonds is 4. The molecule has 0 radical (unpaired) electrons. The molecule has 6 nitrogen and oxygen atoms in total. The lowest BCUT2D eigenvalue weighted by atomic mass is 10.1. The van der Waals surface area contributed by atoms with Crippen LogP contribution in [0.1, 0.15) is 23.8 Å². The number of nitrogens with two attached hydrogens (primary N) is 1. The molecular weight excluding hydrogens is 364 g/mol. The van der Waals surface area contributed by atoms with Crippen molar-refractivity contribution in [1.82, 2.24) is 14.7 Å². The largest absolute Gasteiger partial charge is 0.463 e. The summed E-state index contributed by atoms with van der Waals surface area (Å²) < 4.78 is 7.26. The summed E-state index contributed by atoms with van der Waals surface area (Å²) in [6, 6.07) is 12.9. The second-order valence-corrected chi connectivity index (χ2v) is 7.36. The minimum atomic E-state index is -0.0843. The van der Waals surface area contributed by atoms with Crippen molar-refractivity contribution in [2.45, 2.75) is 19.4 Å². The highest BCUT2D eigenvalue weighted by molar-refractivity contribution is 6.30. The predicted octanol–water partition coefficient (Wildman–Crippen LogP) is 3.60. The van der Waals surface area contributed by atoms with Gasteiger partial charge in [0, 0.05) is 23.7 Å². The van der Waals surface area contributed by atoms with E-state index in [2.05, 4.69) is 12.0 Å². The van der Waals surface area contributed by atoms with Gasteiger partial charge in [0.2, 0.25) is 0 Å². The maximum Gasteiger partial charge on any atom is 0.274 e. The summed E-state index contributed by atoms with van der Waals surface area (Å²) in [4.78, 5) is 15.0. The Labute approximate surface area is 162 Å². The molecule has 2 atom stereocenters. The number of carbonyl (C=O) groups excluding carboxylic acids is 1. The molecule has 1 aliphatic heterocycles. The predicted molar refractivity (Wildman–Crippen MR) is 104 cm³/mol. The molecule has 2 unspecified atom stereocenters. The van der Waals surface area contributed by atoms with Gasteiger partial charge in [-0.1, -0.05) is 11.6 Å². The van der Waals surface area contributed by atoms with E-state index >= 15 is 0 Å². The average molecular weight is 385 g/mol. The zero-order valence-corrected chi connectivity index (χ0v) is 15.8. The maximum atomic E-state index is 13.1. The first-order chi connectivity index (χ1) is 13.1. The van der Waals surface area contributed by atoms with Gasteiger partial charge in [0.05, 0.1) is 12.0 Å². The number of benzene rings is 1. The number of halogens is 1. The number of furan rings is 1. The lowest BCUT2D eigenvalue weighted by Gasteiger charge is -2.20. The summed E-state index contributed by atoms with van der Waals surface area (Å²) in [5.74, 6) is 0.900. The van der Waals surface area contributed by atoms with Crippen LogP contribution in [-0.4, -0.2) is 39.7 Å². The van der Waals surface area contributed by atoms with E-state index in [9.17, 15) is 4.79 Å². The molecule has 1 aliphatic rings. The van der Waals surface area contributed by atoms with Crippen molar-refractivity contribution in [1.29, 1.82) is 0 Å². The Morgan fingerprint density at radius 3 is 2.74 bits per heavy atom. The van der Waals surface area contributed by atoms with E-state index in [1.165, 1.54) is 0 Å². The number of hydrogen-bond donors (Lipinski definition) is 1. The second-order valence-electron chi connectivity index (χ2n) is 6.92. The van der Waals surface area contributed by atoms with Gasteiger partial charge in [0.1, 0.15) is 5.69 Å². The van der Waals surface area contributed by atoms with Crippen LogP contribution in [0.2, 0.25) is 5.02 Å². The molecule has 4 rings (SSSR count). The second kappa shape index (κ2) is 7.21. The van der Waals surface area contributed by atoms with Gasteiger partial charge in [-0.05, 0) is 62.2 Å². The van der Waals surface area contributed by atoms with Gasteiger partial charge in [-0.25, -0.2) is 4.68 Å². The first kappa shape index (κ1) is 17.8. The first-order valence-electron chi connectivity index (χ1n) is 8.97. The van der Waals surface area contributed by atoms with E-state index in [0.29, 0.717) is 41.2 Å². The topological polar surface area (TPSA) is 77.3 Å². The van der Waals surface area contributed by atoms with E-state index in [-0.39, 0.29) is 11.9 Å². The first-order valence-corrected chi connectivity index (χ1v) is 9.35. The van der Waals surface area contributed by atoms with E-state index < -0.39 is 0 Å². The fourth-order valence-electron chi connectivity index (χ4n) is 3.61. The van der Waals surface area contributed by atoms with Crippen molar-refractivity contribution < 1.29 is 9.21 Å². The van der Waals surface area contributed by atoms with Gasteiger partial charge in [0.25, 0.3) is 5.91 Å². The van der Waals surface area contributed by atoms with Gasteiger partial charge in [0.15, 0.2) is 11.5 Å². The number of carbonyl (C=O) groups is 1. The van der Waals surface area contributed by atoms with Gasteiger partial charge >= 0.3 is 0 Å². The lowest BCUT2D eigenvalue weighted by molar-refractivity contribution is 0.0737. The van der Waals surface area contributed by atoms with Crippen LogP contribution in [0.25, 0.3) is 17.1 Å². The summed E-state index contributed by atoms with van der Waals surface area (Å²) in [5.41, 5.74) is 7.71. The van der Waals surface area contributed by atoms with E-state index in [0.717, 1.165) is 12.1 Å². The van der Waals surface area contributed by atoms with Gasteiger partial charge in [-0.15, -0.1) is 0 Å². The fraction of sp³-hybridized carbons (Fsp3) is 0.300. The zero-order chi connectivity index (χ0) is 19.0. The molecule has 0 saturated carbocycles. The van der Waals surface area contributed by atoms with Crippen LogP contribution in [0.15, 0.2) is 53.1 Å². The SMILES string of the molecule is CC1CC(CN)CN1C(=O)c1cc(-c2ccco2)n(-c2ccc(Cl)cc2)n1. The van der Waals surface area contributed by atoms with Crippen LogP contribution in [0.5, 0.6) is 0 Å². The van der Waals surface area contributed by atoms with Crippen molar-refractivity contribution in [3.05, 3.63) is 59.4 Å². The Balaban J connectivity index is 1.73. The fourth-order valence-corrected chi connectivity index (χ4v) is 3.73. The summed E-state index contributed by atoms with van der Waals surface area (Å²) in [5, 5.41) is 5.23. The molecule has 3 heterocycles. The van der Waals surface area contributed by atoms with Gasteiger partial charge in [-0.2, -0.15) is 5.10 Å². The van der Waals surface area contributed by atoms with Crippen LogP contribution in [0, 0.1) is 5.92 Å². The lowest BCUT2D eigenvalue weighted by Crippen LogP contribution is -2.34. The third kappa shape index (κ3) is 3.38. The van der Waals surface area contributed by atoms with Gasteiger partial charge < -0.3 is 15.1 Å². The molecule has 1 amide bonds. The Kier molecular flexibility index (Phi) is 4.76. The van der Waals surface area contributed by atoms with Crippen LogP contribution in [0.3, 0.4) is 0 Å². The van der Waals surface area contributed by atoms with Crippen molar-refractivity contribution >= 4 is 17.5 Å². The van der Waals surface area contributed by atoms with E-state index in [4.69, 9.17) is 21.8 Å². The highest BCUT2D eigenvalue weighted by Gasteiger charge is 2.33. The Morgan fingerprint density at radius 1 is 1.33 bits per heavy atom. The molecule has 1 saturated heterocycles. The number of hydrogen-bond acceptors (Lipinski definition) is 4. The monoisotopic (exact) mass is 384 g/mol. The van der Waals surface area contributed by atoms with Crippen molar-refractivity contribution in [2.75, 3.05) is 13.1 Å². The average Bonchev–Trinajstić information content (AvgIpc) is 3.40. The Hall–Kier alpha value is -2.57. The molecule has 0 aliphatic carbocycles. The number of aromatic nitrogens is 2. The number of amides is 1. The summed E-state index contributed by atoms with van der Waals surface area (Å²) in [6.07, 6.45) is 2.52. The molecule has 27 heavy (non-hydrogen) atoms. The standard InChI is InChI=1S/C20H21ClN4O2/c1-13-9-14(11-22)12-24(13)20(26)17-10-18(19-3-2-8-27-19)25(23-17)16-6-4-15(21)5-7-16/h2-8,10,13-14H,9,11-12,22H2,1H3. The molecule has 2 N–H and O–H groups in total. The maximum absolute atomic E-state index is 13.1. The summed E-state index contributed by atoms with van der Waals surface area (Å²) in [6.45, 7) is 3.31. The third-order valence-electron chi connectivity index (χ3n) is 5.03. The molecule has 0 bridgehead atoms. The van der Waals surface area contributed by atoms with E-state index in [1.807, 2.05) is 29.2 Å². The van der Waals surface area contributed by atoms with E-state index in [1.54, 1.807) is 29.1 Å². The molecule has 0 spiro atoms. The van der Waals surface area contributed by atoms with Crippen molar-refractivity contribution in [3.63, 3.8) is 0 Å². The highest BCUT2D eigenvalue weighted by atomic mass is 35.5. The minimum Gasteiger partial charge on any atom is -0.463 e. The normalized spacial score (nSPS) is 19.6. The third-order valence-corrected chi connectivity index (χ3v) is 5.28. The highest BCUT2D eigenvalue weighted by Crippen LogP contribution is 2.28. The molecule has 7 heteroatoms. The van der Waals surface area contributed by atoms with Gasteiger partial charge in [-0.3, -0.25) is 4.79 Å². The molecule has 1 fully saturated rings. The molecule has 140 valence electrons. The zero-order valence-electron chi connectivity index (χ0n) is 15.0. The molecule has 2 aromatic heterocycles.